The van der Waals surface area contributed by atoms with Crippen molar-refractivity contribution < 1.29 is 0 Å². The molecule has 3 aromatic rings. The van der Waals surface area contributed by atoms with Gasteiger partial charge in [-0.3, -0.25) is 0 Å². The van der Waals surface area contributed by atoms with Gasteiger partial charge in [-0.25, -0.2) is 4.98 Å². The van der Waals surface area contributed by atoms with Gasteiger partial charge in [0.2, 0.25) is 5.16 Å². The van der Waals surface area contributed by atoms with Crippen LogP contribution in [-0.4, -0.2) is 25.8 Å². The highest BCUT2D eigenvalue weighted by atomic mass is 35.5. The number of thioether (sulfide) groups is 1. The summed E-state index contributed by atoms with van der Waals surface area (Å²) in [5.74, 6) is 0.475. The summed E-state index contributed by atoms with van der Waals surface area (Å²) in [6, 6.07) is 6.99. The van der Waals surface area contributed by atoms with Crippen LogP contribution >= 0.6 is 35.0 Å². The summed E-state index contributed by atoms with van der Waals surface area (Å²) < 4.78 is 1.34. The lowest BCUT2D eigenvalue weighted by Crippen LogP contribution is -2.06. The van der Waals surface area contributed by atoms with Gasteiger partial charge in [0.1, 0.15) is 17.5 Å². The number of hydrogen-bond donors (Lipinski definition) is 1. The minimum atomic E-state index is 0.168. The Morgan fingerprint density at radius 3 is 2.73 bits per heavy atom. The molecule has 0 saturated heterocycles. The van der Waals surface area contributed by atoms with Crippen LogP contribution in [0, 0.1) is 11.3 Å². The van der Waals surface area contributed by atoms with Gasteiger partial charge in [-0.2, -0.15) is 14.8 Å². The molecule has 0 bridgehead atoms. The van der Waals surface area contributed by atoms with Crippen molar-refractivity contribution in [2.75, 3.05) is 12.0 Å². The van der Waals surface area contributed by atoms with Crippen LogP contribution in [0.1, 0.15) is 5.56 Å². The zero-order valence-corrected chi connectivity index (χ0v) is 13.5. The van der Waals surface area contributed by atoms with Gasteiger partial charge in [-0.05, 0) is 24.5 Å². The summed E-state index contributed by atoms with van der Waals surface area (Å²) in [6.45, 7) is 0. The van der Waals surface area contributed by atoms with Crippen molar-refractivity contribution in [1.82, 2.24) is 19.6 Å². The Hall–Kier alpha value is -2.01. The second-order valence-corrected chi connectivity index (χ2v) is 5.88. The van der Waals surface area contributed by atoms with Crippen LogP contribution in [0.15, 0.2) is 23.4 Å². The summed E-state index contributed by atoms with van der Waals surface area (Å²) in [5.41, 5.74) is 7.14. The Kier molecular flexibility index (Phi) is 3.83. The second-order valence-electron chi connectivity index (χ2n) is 4.27. The highest BCUT2D eigenvalue weighted by molar-refractivity contribution is 7.98. The number of nitriles is 1. The molecule has 6 nitrogen and oxygen atoms in total. The first-order valence-corrected chi connectivity index (χ1v) is 7.99. The van der Waals surface area contributed by atoms with E-state index in [-0.39, 0.29) is 11.4 Å². The second kappa shape index (κ2) is 5.65. The average Bonchev–Trinajstić information content (AvgIpc) is 2.91. The maximum Gasteiger partial charge on any atom is 0.255 e. The van der Waals surface area contributed by atoms with E-state index in [1.807, 2.05) is 12.3 Å². The van der Waals surface area contributed by atoms with E-state index in [1.54, 1.807) is 18.2 Å². The van der Waals surface area contributed by atoms with Crippen molar-refractivity contribution in [1.29, 1.82) is 5.26 Å². The quantitative estimate of drug-likeness (QED) is 0.712. The van der Waals surface area contributed by atoms with Crippen LogP contribution in [0.3, 0.4) is 0 Å². The van der Waals surface area contributed by atoms with E-state index in [0.29, 0.717) is 32.2 Å². The largest absolute Gasteiger partial charge is 0.382 e. The van der Waals surface area contributed by atoms with Gasteiger partial charge in [-0.15, -0.1) is 5.10 Å². The van der Waals surface area contributed by atoms with Crippen LogP contribution < -0.4 is 5.73 Å². The highest BCUT2D eigenvalue weighted by Gasteiger charge is 2.19. The molecule has 0 radical (unpaired) electrons. The summed E-state index contributed by atoms with van der Waals surface area (Å²) in [4.78, 5) is 8.63. The van der Waals surface area contributed by atoms with Gasteiger partial charge in [0, 0.05) is 10.6 Å². The van der Waals surface area contributed by atoms with Crippen LogP contribution in [0.2, 0.25) is 10.0 Å². The predicted molar refractivity (Wildman–Crippen MR) is 87.1 cm³/mol. The third kappa shape index (κ3) is 2.35. The SMILES string of the molecule is CSc1nc2nc(-c3ccc(Cl)cc3Cl)c(C#N)c(N)n2n1. The third-order valence-corrected chi connectivity index (χ3v) is 4.07. The number of hydrogen-bond acceptors (Lipinski definition) is 6. The molecule has 0 fully saturated rings. The molecule has 0 spiro atoms. The number of benzene rings is 1. The molecule has 0 atom stereocenters. The number of nitrogen functional groups attached to an aromatic ring is 1. The fraction of sp³-hybridized carbons (Fsp3) is 0.0769. The zero-order chi connectivity index (χ0) is 15.9. The molecule has 3 rings (SSSR count). The van der Waals surface area contributed by atoms with Gasteiger partial charge in [0.05, 0.1) is 10.7 Å². The van der Waals surface area contributed by atoms with E-state index < -0.39 is 0 Å². The molecule has 0 amide bonds. The Balaban J connectivity index is 2.35. The maximum atomic E-state index is 9.42. The molecule has 0 aliphatic rings. The van der Waals surface area contributed by atoms with Crippen LogP contribution in [-0.2, 0) is 0 Å². The molecule has 1 aromatic carbocycles. The van der Waals surface area contributed by atoms with Crippen molar-refractivity contribution in [3.8, 4) is 17.3 Å². The van der Waals surface area contributed by atoms with Crippen molar-refractivity contribution >= 4 is 46.6 Å². The standard InChI is InChI=1S/C13H8Cl2N6S/c1-22-13-19-12-18-10(7-3-2-6(14)4-9(7)15)8(5-16)11(17)21(12)20-13/h2-4H,17H2,1H3. The minimum absolute atomic E-state index is 0.168. The smallest absolute Gasteiger partial charge is 0.255 e. The summed E-state index contributed by atoms with van der Waals surface area (Å²) in [5, 5.41) is 15.0. The Morgan fingerprint density at radius 1 is 1.32 bits per heavy atom. The molecule has 0 aliphatic heterocycles. The molecule has 9 heteroatoms. The van der Waals surface area contributed by atoms with Crippen LogP contribution in [0.4, 0.5) is 5.82 Å². The Labute approximate surface area is 139 Å². The summed E-state index contributed by atoms with van der Waals surface area (Å²) in [7, 11) is 0. The lowest BCUT2D eigenvalue weighted by Gasteiger charge is -2.08. The number of fused-ring (bicyclic) bond motifs is 1. The molecular weight excluding hydrogens is 343 g/mol. The van der Waals surface area contributed by atoms with Gasteiger partial charge in [0.15, 0.2) is 0 Å². The molecule has 22 heavy (non-hydrogen) atoms. The molecular formula is C13H8Cl2N6S. The molecule has 2 N–H and O–H groups in total. The maximum absolute atomic E-state index is 9.42. The van der Waals surface area contributed by atoms with Crippen molar-refractivity contribution in [3.63, 3.8) is 0 Å². The van der Waals surface area contributed by atoms with E-state index in [1.165, 1.54) is 16.3 Å². The fourth-order valence-corrected chi connectivity index (χ4v) is 2.81. The predicted octanol–water partition coefficient (Wildman–Crippen LogP) is 3.27. The number of aromatic nitrogens is 4. The first-order valence-electron chi connectivity index (χ1n) is 6.01. The monoisotopic (exact) mass is 350 g/mol. The number of nitrogens with zero attached hydrogens (tertiary/aromatic N) is 5. The fourth-order valence-electron chi connectivity index (χ4n) is 1.98. The Morgan fingerprint density at radius 2 is 2.09 bits per heavy atom. The average molecular weight is 351 g/mol. The highest BCUT2D eigenvalue weighted by Crippen LogP contribution is 2.33. The van der Waals surface area contributed by atoms with Gasteiger partial charge in [-0.1, -0.05) is 35.0 Å². The third-order valence-electron chi connectivity index (χ3n) is 2.98. The molecule has 2 heterocycles. The van der Waals surface area contributed by atoms with Crippen LogP contribution in [0.5, 0.6) is 0 Å². The normalized spacial score (nSPS) is 10.8. The number of halogens is 2. The minimum Gasteiger partial charge on any atom is -0.382 e. The summed E-state index contributed by atoms with van der Waals surface area (Å²) in [6.07, 6.45) is 1.84. The first kappa shape index (κ1) is 14.9. The van der Waals surface area contributed by atoms with E-state index in [4.69, 9.17) is 28.9 Å². The summed E-state index contributed by atoms with van der Waals surface area (Å²) >= 11 is 13.5. The molecule has 2 aromatic heterocycles. The lowest BCUT2D eigenvalue weighted by molar-refractivity contribution is 0.889. The van der Waals surface area contributed by atoms with Crippen molar-refractivity contribution in [3.05, 3.63) is 33.8 Å². The molecule has 110 valence electrons. The first-order chi connectivity index (χ1) is 10.5. The van der Waals surface area contributed by atoms with Crippen molar-refractivity contribution in [2.45, 2.75) is 5.16 Å². The Bertz CT molecular complexity index is 930. The number of nitrogens with two attached hydrogens (primary N) is 1. The number of rotatable bonds is 2. The lowest BCUT2D eigenvalue weighted by atomic mass is 10.1. The van der Waals surface area contributed by atoms with E-state index >= 15 is 0 Å². The van der Waals surface area contributed by atoms with Crippen molar-refractivity contribution in [2.24, 2.45) is 0 Å². The van der Waals surface area contributed by atoms with E-state index in [9.17, 15) is 5.26 Å². The van der Waals surface area contributed by atoms with Gasteiger partial charge < -0.3 is 5.73 Å². The van der Waals surface area contributed by atoms with Crippen LogP contribution in [0.25, 0.3) is 17.0 Å². The van der Waals surface area contributed by atoms with Gasteiger partial charge in [0.25, 0.3) is 5.78 Å². The molecule has 0 saturated carbocycles. The number of anilines is 1. The van der Waals surface area contributed by atoms with E-state index in [0.717, 1.165) is 0 Å². The van der Waals surface area contributed by atoms with Gasteiger partial charge >= 0.3 is 0 Å². The van der Waals surface area contributed by atoms with E-state index in [2.05, 4.69) is 15.1 Å². The zero-order valence-electron chi connectivity index (χ0n) is 11.2. The molecule has 0 unspecified atom stereocenters. The topological polar surface area (TPSA) is 92.9 Å². The molecule has 0 aliphatic carbocycles.